The monoisotopic (exact) mass is 282 g/mol. The Labute approximate surface area is 126 Å². The third-order valence-electron chi connectivity index (χ3n) is 3.61. The van der Waals surface area contributed by atoms with Gasteiger partial charge in [0.05, 0.1) is 0 Å². The second kappa shape index (κ2) is 7.04. The van der Waals surface area contributed by atoms with Crippen molar-refractivity contribution in [3.05, 3.63) is 64.7 Å². The van der Waals surface area contributed by atoms with Crippen molar-refractivity contribution in [3.63, 3.8) is 0 Å². The van der Waals surface area contributed by atoms with E-state index in [1.165, 1.54) is 5.56 Å². The fourth-order valence-corrected chi connectivity index (χ4v) is 2.33. The first-order chi connectivity index (χ1) is 10.1. The molecule has 0 spiro atoms. The minimum absolute atomic E-state index is 0.0715. The van der Waals surface area contributed by atoms with E-state index in [4.69, 9.17) is 5.73 Å². The van der Waals surface area contributed by atoms with E-state index in [2.05, 4.69) is 5.32 Å². The van der Waals surface area contributed by atoms with Crippen molar-refractivity contribution < 1.29 is 4.79 Å². The molecule has 0 saturated carbocycles. The molecule has 110 valence electrons. The number of hydrogen-bond acceptors (Lipinski definition) is 2. The molecule has 3 heteroatoms. The number of nitrogens with two attached hydrogens (primary N) is 1. The Bertz CT molecular complexity index is 597. The number of amides is 1. The Morgan fingerprint density at radius 2 is 1.67 bits per heavy atom. The zero-order valence-electron chi connectivity index (χ0n) is 12.6. The number of aryl methyl sites for hydroxylation is 3. The lowest BCUT2D eigenvalue weighted by atomic mass is 10.1. The SMILES string of the molecule is Cc1cccc(C)c1NC(=O)c1ccc(CCCN)cc1. The molecular formula is C18H22N2O. The van der Waals surface area contributed by atoms with Gasteiger partial charge in [-0.05, 0) is 62.1 Å². The van der Waals surface area contributed by atoms with E-state index in [9.17, 15) is 4.79 Å². The third kappa shape index (κ3) is 3.92. The van der Waals surface area contributed by atoms with E-state index in [0.29, 0.717) is 12.1 Å². The Hall–Kier alpha value is -2.13. The Balaban J connectivity index is 2.10. The summed E-state index contributed by atoms with van der Waals surface area (Å²) < 4.78 is 0. The van der Waals surface area contributed by atoms with E-state index >= 15 is 0 Å². The molecule has 2 aromatic carbocycles. The van der Waals surface area contributed by atoms with Crippen LogP contribution in [0.4, 0.5) is 5.69 Å². The van der Waals surface area contributed by atoms with E-state index < -0.39 is 0 Å². The lowest BCUT2D eigenvalue weighted by Gasteiger charge is -2.11. The molecule has 3 nitrogen and oxygen atoms in total. The van der Waals surface area contributed by atoms with Crippen LogP contribution in [0.5, 0.6) is 0 Å². The highest BCUT2D eigenvalue weighted by atomic mass is 16.1. The maximum Gasteiger partial charge on any atom is 0.255 e. The van der Waals surface area contributed by atoms with Crippen LogP contribution >= 0.6 is 0 Å². The molecule has 21 heavy (non-hydrogen) atoms. The van der Waals surface area contributed by atoms with Crippen molar-refractivity contribution in [2.24, 2.45) is 5.73 Å². The fraction of sp³-hybridized carbons (Fsp3) is 0.278. The van der Waals surface area contributed by atoms with Crippen molar-refractivity contribution in [1.82, 2.24) is 0 Å². The molecule has 0 saturated heterocycles. The summed E-state index contributed by atoms with van der Waals surface area (Å²) in [5.41, 5.74) is 10.4. The molecule has 0 atom stereocenters. The lowest BCUT2D eigenvalue weighted by Crippen LogP contribution is -2.13. The van der Waals surface area contributed by atoms with Crippen LogP contribution in [0.25, 0.3) is 0 Å². The zero-order valence-corrected chi connectivity index (χ0v) is 12.6. The minimum Gasteiger partial charge on any atom is -0.330 e. The van der Waals surface area contributed by atoms with Gasteiger partial charge in [-0.25, -0.2) is 0 Å². The van der Waals surface area contributed by atoms with Gasteiger partial charge in [0, 0.05) is 11.3 Å². The van der Waals surface area contributed by atoms with Gasteiger partial charge in [-0.2, -0.15) is 0 Å². The van der Waals surface area contributed by atoms with Gasteiger partial charge in [-0.15, -0.1) is 0 Å². The maximum absolute atomic E-state index is 12.3. The number of carbonyl (C=O) groups excluding carboxylic acids is 1. The minimum atomic E-state index is -0.0715. The number of benzene rings is 2. The van der Waals surface area contributed by atoms with Crippen LogP contribution in [0.3, 0.4) is 0 Å². The van der Waals surface area contributed by atoms with E-state index in [1.807, 2.05) is 56.3 Å². The Kier molecular flexibility index (Phi) is 5.12. The summed E-state index contributed by atoms with van der Waals surface area (Å²) in [6.07, 6.45) is 1.92. The molecule has 0 radical (unpaired) electrons. The molecular weight excluding hydrogens is 260 g/mol. The first-order valence-corrected chi connectivity index (χ1v) is 7.28. The molecule has 1 amide bonds. The topological polar surface area (TPSA) is 55.1 Å². The summed E-state index contributed by atoms with van der Waals surface area (Å²) in [4.78, 5) is 12.3. The summed E-state index contributed by atoms with van der Waals surface area (Å²) in [5.74, 6) is -0.0715. The van der Waals surface area contributed by atoms with Crippen LogP contribution < -0.4 is 11.1 Å². The average molecular weight is 282 g/mol. The second-order valence-electron chi connectivity index (χ2n) is 5.31. The normalized spacial score (nSPS) is 10.4. The number of nitrogens with one attached hydrogen (secondary N) is 1. The van der Waals surface area contributed by atoms with Gasteiger partial charge in [0.2, 0.25) is 0 Å². The quantitative estimate of drug-likeness (QED) is 0.882. The molecule has 3 N–H and O–H groups in total. The number of carbonyl (C=O) groups is 1. The van der Waals surface area contributed by atoms with E-state index in [1.54, 1.807) is 0 Å². The molecule has 2 aromatic rings. The van der Waals surface area contributed by atoms with Gasteiger partial charge in [0.25, 0.3) is 5.91 Å². The number of anilines is 1. The summed E-state index contributed by atoms with van der Waals surface area (Å²) in [6, 6.07) is 13.7. The number of rotatable bonds is 5. The third-order valence-corrected chi connectivity index (χ3v) is 3.61. The molecule has 0 aliphatic heterocycles. The smallest absolute Gasteiger partial charge is 0.255 e. The first kappa shape index (κ1) is 15.3. The van der Waals surface area contributed by atoms with E-state index in [-0.39, 0.29) is 5.91 Å². The van der Waals surface area contributed by atoms with Crippen LogP contribution in [-0.4, -0.2) is 12.5 Å². The van der Waals surface area contributed by atoms with Gasteiger partial charge in [-0.1, -0.05) is 30.3 Å². The number of hydrogen-bond donors (Lipinski definition) is 2. The van der Waals surface area contributed by atoms with E-state index in [0.717, 1.165) is 29.7 Å². The lowest BCUT2D eigenvalue weighted by molar-refractivity contribution is 0.102. The second-order valence-corrected chi connectivity index (χ2v) is 5.31. The van der Waals surface area contributed by atoms with Crippen LogP contribution in [0.15, 0.2) is 42.5 Å². The summed E-state index contributed by atoms with van der Waals surface area (Å²) in [7, 11) is 0. The molecule has 0 fully saturated rings. The predicted molar refractivity (Wildman–Crippen MR) is 87.7 cm³/mol. The average Bonchev–Trinajstić information content (AvgIpc) is 2.49. The van der Waals surface area contributed by atoms with Crippen LogP contribution in [0.2, 0.25) is 0 Å². The van der Waals surface area contributed by atoms with Crippen molar-refractivity contribution >= 4 is 11.6 Å². The van der Waals surface area contributed by atoms with Gasteiger partial charge in [0.15, 0.2) is 0 Å². The molecule has 0 unspecified atom stereocenters. The summed E-state index contributed by atoms with van der Waals surface area (Å²) >= 11 is 0. The molecule has 2 rings (SSSR count). The van der Waals surface area contributed by atoms with Crippen LogP contribution in [0.1, 0.15) is 33.5 Å². The van der Waals surface area contributed by atoms with Gasteiger partial charge in [0.1, 0.15) is 0 Å². The maximum atomic E-state index is 12.3. The molecule has 0 aliphatic rings. The largest absolute Gasteiger partial charge is 0.330 e. The Morgan fingerprint density at radius 1 is 1.05 bits per heavy atom. The van der Waals surface area contributed by atoms with Crippen molar-refractivity contribution in [2.45, 2.75) is 26.7 Å². The van der Waals surface area contributed by atoms with Crippen LogP contribution in [-0.2, 0) is 6.42 Å². The first-order valence-electron chi connectivity index (χ1n) is 7.28. The van der Waals surface area contributed by atoms with Crippen molar-refractivity contribution in [2.75, 3.05) is 11.9 Å². The molecule has 0 bridgehead atoms. The highest BCUT2D eigenvalue weighted by Gasteiger charge is 2.09. The zero-order chi connectivity index (χ0) is 15.2. The van der Waals surface area contributed by atoms with Gasteiger partial charge in [-0.3, -0.25) is 4.79 Å². The predicted octanol–water partition coefficient (Wildman–Crippen LogP) is 3.45. The summed E-state index contributed by atoms with van der Waals surface area (Å²) in [5, 5.41) is 3.00. The Morgan fingerprint density at radius 3 is 2.24 bits per heavy atom. The van der Waals surface area contributed by atoms with Gasteiger partial charge < -0.3 is 11.1 Å². The van der Waals surface area contributed by atoms with Crippen LogP contribution in [0, 0.1) is 13.8 Å². The number of para-hydroxylation sites is 1. The van der Waals surface area contributed by atoms with Gasteiger partial charge >= 0.3 is 0 Å². The summed E-state index contributed by atoms with van der Waals surface area (Å²) in [6.45, 7) is 4.69. The molecule has 0 aromatic heterocycles. The highest BCUT2D eigenvalue weighted by molar-refractivity contribution is 6.05. The van der Waals surface area contributed by atoms with Crippen molar-refractivity contribution in [3.8, 4) is 0 Å². The molecule has 0 aliphatic carbocycles. The standard InChI is InChI=1S/C18H22N2O/c1-13-5-3-6-14(2)17(13)20-18(21)16-10-8-15(9-11-16)7-4-12-19/h3,5-6,8-11H,4,7,12,19H2,1-2H3,(H,20,21). The molecule has 0 heterocycles. The fourth-order valence-electron chi connectivity index (χ4n) is 2.33. The highest BCUT2D eigenvalue weighted by Crippen LogP contribution is 2.20. The van der Waals surface area contributed by atoms with Crippen molar-refractivity contribution in [1.29, 1.82) is 0 Å².